The predicted octanol–water partition coefficient (Wildman–Crippen LogP) is 5.05. The fourth-order valence-electron chi connectivity index (χ4n) is 2.25. The summed E-state index contributed by atoms with van der Waals surface area (Å²) in [5.41, 5.74) is 1.26. The Labute approximate surface area is 165 Å². The van der Waals surface area contributed by atoms with Gasteiger partial charge in [0, 0.05) is 6.08 Å². The first kappa shape index (κ1) is 21.2. The van der Waals surface area contributed by atoms with E-state index in [1.165, 1.54) is 6.08 Å². The summed E-state index contributed by atoms with van der Waals surface area (Å²) < 4.78 is 15.9. The number of carbonyl (C=O) groups is 2. The minimum atomic E-state index is -0.438. The van der Waals surface area contributed by atoms with Crippen LogP contribution in [0.1, 0.15) is 49.0 Å². The lowest BCUT2D eigenvalue weighted by molar-refractivity contribution is -0.137. The van der Waals surface area contributed by atoms with Crippen molar-refractivity contribution in [2.45, 2.75) is 33.1 Å². The van der Waals surface area contributed by atoms with E-state index < -0.39 is 5.97 Å². The zero-order chi connectivity index (χ0) is 20.2. The van der Waals surface area contributed by atoms with Crippen LogP contribution in [-0.4, -0.2) is 25.2 Å². The summed E-state index contributed by atoms with van der Waals surface area (Å²) in [7, 11) is 0. The molecule has 0 unspecified atom stereocenters. The van der Waals surface area contributed by atoms with E-state index in [0.29, 0.717) is 24.5 Å². The Hall–Kier alpha value is -3.08. The van der Waals surface area contributed by atoms with Gasteiger partial charge in [-0.2, -0.15) is 0 Å². The largest absolute Gasteiger partial charge is 0.494 e. The molecule has 0 amide bonds. The van der Waals surface area contributed by atoms with Gasteiger partial charge in [-0.05, 0) is 60.9 Å². The molecule has 0 saturated heterocycles. The molecular weight excluding hydrogens is 356 g/mol. The summed E-state index contributed by atoms with van der Waals surface area (Å²) in [6.07, 6.45) is 5.88. The topological polar surface area (TPSA) is 61.8 Å². The molecule has 0 aromatic heterocycles. The molecule has 28 heavy (non-hydrogen) atoms. The Balaban J connectivity index is 1.88. The van der Waals surface area contributed by atoms with Crippen molar-refractivity contribution in [1.29, 1.82) is 0 Å². The molecule has 0 aliphatic heterocycles. The average molecular weight is 382 g/mol. The predicted molar refractivity (Wildman–Crippen MR) is 109 cm³/mol. The van der Waals surface area contributed by atoms with E-state index in [-0.39, 0.29) is 5.97 Å². The first-order chi connectivity index (χ1) is 13.6. The van der Waals surface area contributed by atoms with E-state index in [0.717, 1.165) is 30.6 Å². The number of rotatable bonds is 10. The number of hydrogen-bond acceptors (Lipinski definition) is 5. The minimum absolute atomic E-state index is 0.375. The smallest absolute Gasteiger partial charge is 0.343 e. The van der Waals surface area contributed by atoms with Crippen molar-refractivity contribution in [1.82, 2.24) is 0 Å². The lowest BCUT2D eigenvalue weighted by Gasteiger charge is -2.07. The quantitative estimate of drug-likeness (QED) is 0.249. The SMILES string of the molecule is CCCCOc1ccc(C(=O)Oc2ccc(/C=C/C(=O)OCCC)cc2)cc1. The van der Waals surface area contributed by atoms with Gasteiger partial charge in [0.05, 0.1) is 18.8 Å². The Morgan fingerprint density at radius 3 is 2.18 bits per heavy atom. The number of hydrogen-bond donors (Lipinski definition) is 0. The average Bonchev–Trinajstić information content (AvgIpc) is 2.72. The highest BCUT2D eigenvalue weighted by Gasteiger charge is 2.09. The normalized spacial score (nSPS) is 10.6. The van der Waals surface area contributed by atoms with Crippen LogP contribution in [0.3, 0.4) is 0 Å². The zero-order valence-corrected chi connectivity index (χ0v) is 16.4. The molecule has 5 heteroatoms. The maximum Gasteiger partial charge on any atom is 0.343 e. The third-order valence-electron chi connectivity index (χ3n) is 3.81. The third-order valence-corrected chi connectivity index (χ3v) is 3.81. The molecule has 148 valence electrons. The number of ether oxygens (including phenoxy) is 3. The summed E-state index contributed by atoms with van der Waals surface area (Å²) >= 11 is 0. The molecule has 0 aliphatic rings. The molecule has 0 bridgehead atoms. The summed E-state index contributed by atoms with van der Waals surface area (Å²) in [5, 5.41) is 0. The third kappa shape index (κ3) is 7.27. The molecule has 5 nitrogen and oxygen atoms in total. The van der Waals surface area contributed by atoms with Crippen LogP contribution in [0.2, 0.25) is 0 Å². The number of benzene rings is 2. The van der Waals surface area contributed by atoms with E-state index in [2.05, 4.69) is 6.92 Å². The lowest BCUT2D eigenvalue weighted by atomic mass is 10.2. The van der Waals surface area contributed by atoms with Gasteiger partial charge in [0.15, 0.2) is 0 Å². The molecule has 2 aromatic rings. The highest BCUT2D eigenvalue weighted by molar-refractivity contribution is 5.91. The van der Waals surface area contributed by atoms with Crippen molar-refractivity contribution in [3.8, 4) is 11.5 Å². The fourth-order valence-corrected chi connectivity index (χ4v) is 2.25. The first-order valence-corrected chi connectivity index (χ1v) is 9.52. The molecule has 0 N–H and O–H groups in total. The van der Waals surface area contributed by atoms with Crippen molar-refractivity contribution in [3.05, 3.63) is 65.7 Å². The number of esters is 2. The molecule has 0 spiro atoms. The van der Waals surface area contributed by atoms with Crippen molar-refractivity contribution < 1.29 is 23.8 Å². The molecule has 0 heterocycles. The summed E-state index contributed by atoms with van der Waals surface area (Å²) in [6, 6.07) is 13.8. The van der Waals surface area contributed by atoms with Gasteiger partial charge in [0.2, 0.25) is 0 Å². The van der Waals surface area contributed by atoms with Crippen molar-refractivity contribution in [2.75, 3.05) is 13.2 Å². The second-order valence-electron chi connectivity index (χ2n) is 6.19. The van der Waals surface area contributed by atoms with Gasteiger partial charge in [0.1, 0.15) is 11.5 Å². The maximum absolute atomic E-state index is 12.2. The molecule has 0 radical (unpaired) electrons. The van der Waals surface area contributed by atoms with Gasteiger partial charge in [-0.1, -0.05) is 32.4 Å². The Morgan fingerprint density at radius 1 is 0.857 bits per heavy atom. The molecule has 0 fully saturated rings. The van der Waals surface area contributed by atoms with Gasteiger partial charge >= 0.3 is 11.9 Å². The molecular formula is C23H26O5. The van der Waals surface area contributed by atoms with Crippen LogP contribution >= 0.6 is 0 Å². The zero-order valence-electron chi connectivity index (χ0n) is 16.4. The van der Waals surface area contributed by atoms with E-state index in [4.69, 9.17) is 14.2 Å². The van der Waals surface area contributed by atoms with Crippen LogP contribution in [0.4, 0.5) is 0 Å². The van der Waals surface area contributed by atoms with Gasteiger partial charge < -0.3 is 14.2 Å². The lowest BCUT2D eigenvalue weighted by Crippen LogP contribution is -2.08. The first-order valence-electron chi connectivity index (χ1n) is 9.52. The summed E-state index contributed by atoms with van der Waals surface area (Å²) in [4.78, 5) is 23.7. The van der Waals surface area contributed by atoms with Gasteiger partial charge in [-0.15, -0.1) is 0 Å². The van der Waals surface area contributed by atoms with E-state index >= 15 is 0 Å². The molecule has 0 atom stereocenters. The minimum Gasteiger partial charge on any atom is -0.494 e. The Kier molecular flexibility index (Phi) is 8.79. The maximum atomic E-state index is 12.2. The van der Waals surface area contributed by atoms with Crippen LogP contribution in [0, 0.1) is 0 Å². The van der Waals surface area contributed by atoms with E-state index in [1.807, 2.05) is 6.92 Å². The monoisotopic (exact) mass is 382 g/mol. The highest BCUT2D eigenvalue weighted by atomic mass is 16.5. The van der Waals surface area contributed by atoms with Crippen LogP contribution in [-0.2, 0) is 9.53 Å². The van der Waals surface area contributed by atoms with Crippen molar-refractivity contribution in [3.63, 3.8) is 0 Å². The Bertz CT molecular complexity index is 776. The van der Waals surface area contributed by atoms with Crippen LogP contribution in [0.25, 0.3) is 6.08 Å². The number of carbonyl (C=O) groups excluding carboxylic acids is 2. The van der Waals surface area contributed by atoms with Crippen LogP contribution in [0.15, 0.2) is 54.6 Å². The second kappa shape index (κ2) is 11.6. The summed E-state index contributed by atoms with van der Waals surface area (Å²) in [5.74, 6) is 0.351. The van der Waals surface area contributed by atoms with Crippen LogP contribution in [0.5, 0.6) is 11.5 Å². The van der Waals surface area contributed by atoms with Crippen LogP contribution < -0.4 is 9.47 Å². The van der Waals surface area contributed by atoms with Gasteiger partial charge in [-0.25, -0.2) is 9.59 Å². The van der Waals surface area contributed by atoms with E-state index in [1.54, 1.807) is 54.6 Å². The standard InChI is InChI=1S/C23H26O5/c1-3-5-17-26-20-13-9-19(10-14-20)23(25)28-21-11-6-18(7-12-21)8-15-22(24)27-16-4-2/h6-15H,3-5,16-17H2,1-2H3/b15-8+. The van der Waals surface area contributed by atoms with Gasteiger partial charge in [-0.3, -0.25) is 0 Å². The number of unbranched alkanes of at least 4 members (excludes halogenated alkanes) is 1. The fraction of sp³-hybridized carbons (Fsp3) is 0.304. The van der Waals surface area contributed by atoms with Crippen molar-refractivity contribution in [2.24, 2.45) is 0 Å². The molecule has 2 aromatic carbocycles. The second-order valence-corrected chi connectivity index (χ2v) is 6.19. The molecule has 0 saturated carbocycles. The highest BCUT2D eigenvalue weighted by Crippen LogP contribution is 2.17. The van der Waals surface area contributed by atoms with Gasteiger partial charge in [0.25, 0.3) is 0 Å². The summed E-state index contributed by atoms with van der Waals surface area (Å²) in [6.45, 7) is 5.11. The van der Waals surface area contributed by atoms with Crippen molar-refractivity contribution >= 4 is 18.0 Å². The molecule has 0 aliphatic carbocycles. The Morgan fingerprint density at radius 2 is 1.54 bits per heavy atom. The molecule has 2 rings (SSSR count). The van der Waals surface area contributed by atoms with E-state index in [9.17, 15) is 9.59 Å².